The third-order valence-electron chi connectivity index (χ3n) is 5.27. The third kappa shape index (κ3) is 4.87. The lowest BCUT2D eigenvalue weighted by atomic mass is 9.91. The van der Waals surface area contributed by atoms with Crippen LogP contribution in [0.4, 0.5) is 10.2 Å². The number of aromatic amines is 1. The molecule has 0 saturated carbocycles. The number of benzene rings is 1. The fourth-order valence-electron chi connectivity index (χ4n) is 3.85. The van der Waals surface area contributed by atoms with Gasteiger partial charge in [0.1, 0.15) is 22.9 Å². The highest BCUT2D eigenvalue weighted by molar-refractivity contribution is 5.90. The van der Waals surface area contributed by atoms with Crippen LogP contribution < -0.4 is 10.5 Å². The molecule has 1 aromatic heterocycles. The fraction of sp³-hybridized carbons (Fsp3) is 0.650. The van der Waals surface area contributed by atoms with Crippen molar-refractivity contribution in [3.63, 3.8) is 0 Å². The minimum absolute atomic E-state index is 0.250. The van der Waals surface area contributed by atoms with E-state index in [2.05, 4.69) is 17.1 Å². The minimum atomic E-state index is -0.395. The molecule has 1 aromatic carbocycles. The van der Waals surface area contributed by atoms with Gasteiger partial charge in [0.05, 0.1) is 12.0 Å². The average molecular weight is 363 g/mol. The Morgan fingerprint density at radius 2 is 2.31 bits per heavy atom. The molecule has 26 heavy (non-hydrogen) atoms. The quantitative estimate of drug-likeness (QED) is 0.679. The second-order valence-electron chi connectivity index (χ2n) is 7.42. The van der Waals surface area contributed by atoms with Gasteiger partial charge in [-0.3, -0.25) is 5.10 Å². The van der Waals surface area contributed by atoms with Gasteiger partial charge >= 0.3 is 0 Å². The van der Waals surface area contributed by atoms with Crippen LogP contribution in [0.25, 0.3) is 10.9 Å². The van der Waals surface area contributed by atoms with Crippen LogP contribution in [-0.2, 0) is 4.74 Å². The summed E-state index contributed by atoms with van der Waals surface area (Å²) in [6.07, 6.45) is 8.31. The van der Waals surface area contributed by atoms with E-state index in [9.17, 15) is 4.39 Å². The molecule has 0 radical (unpaired) electrons. The van der Waals surface area contributed by atoms with Gasteiger partial charge in [0.25, 0.3) is 0 Å². The summed E-state index contributed by atoms with van der Waals surface area (Å²) in [5.41, 5.74) is 6.20. The lowest BCUT2D eigenvalue weighted by Gasteiger charge is -2.23. The minimum Gasteiger partial charge on any atom is -0.493 e. The Morgan fingerprint density at radius 3 is 3.08 bits per heavy atom. The van der Waals surface area contributed by atoms with Crippen molar-refractivity contribution in [2.75, 3.05) is 25.6 Å². The van der Waals surface area contributed by atoms with Gasteiger partial charge in [0, 0.05) is 25.3 Å². The maximum atomic E-state index is 14.2. The van der Waals surface area contributed by atoms with Gasteiger partial charge in [0.15, 0.2) is 0 Å². The molecule has 0 aliphatic carbocycles. The maximum absolute atomic E-state index is 14.2. The van der Waals surface area contributed by atoms with Crippen molar-refractivity contribution in [2.24, 2.45) is 11.8 Å². The zero-order chi connectivity index (χ0) is 18.4. The van der Waals surface area contributed by atoms with Crippen molar-refractivity contribution in [2.45, 2.75) is 51.9 Å². The van der Waals surface area contributed by atoms with Crippen LogP contribution in [0.2, 0.25) is 0 Å². The van der Waals surface area contributed by atoms with E-state index in [1.165, 1.54) is 31.7 Å². The smallest absolute Gasteiger partial charge is 0.140 e. The number of halogens is 1. The summed E-state index contributed by atoms with van der Waals surface area (Å²) in [4.78, 5) is 0. The lowest BCUT2D eigenvalue weighted by molar-refractivity contribution is 0.0499. The van der Waals surface area contributed by atoms with Crippen molar-refractivity contribution in [1.29, 1.82) is 0 Å². The third-order valence-corrected chi connectivity index (χ3v) is 5.27. The first-order valence-corrected chi connectivity index (χ1v) is 9.81. The predicted octanol–water partition coefficient (Wildman–Crippen LogP) is 4.68. The van der Waals surface area contributed by atoms with Crippen LogP contribution in [0.15, 0.2) is 12.1 Å². The molecule has 3 N–H and O–H groups in total. The highest BCUT2D eigenvalue weighted by Gasteiger charge is 2.16. The van der Waals surface area contributed by atoms with E-state index < -0.39 is 5.82 Å². The Balaban J connectivity index is 1.51. The van der Waals surface area contributed by atoms with Crippen LogP contribution in [0.3, 0.4) is 0 Å². The topological polar surface area (TPSA) is 73.2 Å². The number of anilines is 1. The number of nitrogens with two attached hydrogens (primary N) is 1. The van der Waals surface area contributed by atoms with Gasteiger partial charge in [-0.2, -0.15) is 5.10 Å². The highest BCUT2D eigenvalue weighted by Crippen LogP contribution is 2.28. The summed E-state index contributed by atoms with van der Waals surface area (Å²) >= 11 is 0. The van der Waals surface area contributed by atoms with Crippen LogP contribution in [0, 0.1) is 17.7 Å². The molecule has 2 aromatic rings. The standard InChI is InChI=1S/C20H30FN3O2/c1-2-5-14(6-3-7-15-8-4-9-25-12-15)13-26-16-10-17(21)19-18(11-16)23-24-20(19)22/h10-11,14-15H,2-9,12-13H2,1H3,(H3,22,23,24)/t14?,15-/m0/s1. The first-order valence-electron chi connectivity index (χ1n) is 9.81. The Labute approximate surface area is 154 Å². The number of aromatic nitrogens is 2. The Kier molecular flexibility index (Phi) is 6.72. The van der Waals surface area contributed by atoms with E-state index in [0.717, 1.165) is 32.5 Å². The van der Waals surface area contributed by atoms with Crippen molar-refractivity contribution >= 4 is 16.7 Å². The predicted molar refractivity (Wildman–Crippen MR) is 102 cm³/mol. The van der Waals surface area contributed by atoms with E-state index in [4.69, 9.17) is 15.2 Å². The summed E-state index contributed by atoms with van der Waals surface area (Å²) in [5, 5.41) is 6.96. The number of H-pyrrole nitrogens is 1. The van der Waals surface area contributed by atoms with E-state index in [1.54, 1.807) is 6.07 Å². The molecule has 1 aliphatic rings. The maximum Gasteiger partial charge on any atom is 0.140 e. The largest absolute Gasteiger partial charge is 0.493 e. The second kappa shape index (κ2) is 9.21. The molecule has 0 amide bonds. The fourth-order valence-corrected chi connectivity index (χ4v) is 3.85. The molecule has 1 saturated heterocycles. The van der Waals surface area contributed by atoms with Gasteiger partial charge < -0.3 is 15.2 Å². The first kappa shape index (κ1) is 19.0. The number of rotatable bonds is 9. The van der Waals surface area contributed by atoms with Crippen LogP contribution in [0.5, 0.6) is 5.75 Å². The SMILES string of the molecule is CCCC(CCC[C@H]1CCCOC1)COc1cc(F)c2c(N)[nH]nc2c1. The summed E-state index contributed by atoms with van der Waals surface area (Å²) in [6, 6.07) is 3.14. The highest BCUT2D eigenvalue weighted by atomic mass is 19.1. The summed E-state index contributed by atoms with van der Waals surface area (Å²) in [6.45, 7) is 4.65. The van der Waals surface area contributed by atoms with E-state index >= 15 is 0 Å². The molecule has 3 rings (SSSR count). The summed E-state index contributed by atoms with van der Waals surface area (Å²) in [5.74, 6) is 1.58. The molecule has 1 fully saturated rings. The number of hydrogen-bond donors (Lipinski definition) is 2. The number of nitrogens with one attached hydrogen (secondary N) is 1. The van der Waals surface area contributed by atoms with Gasteiger partial charge in [-0.15, -0.1) is 0 Å². The molecular weight excluding hydrogens is 333 g/mol. The summed E-state index contributed by atoms with van der Waals surface area (Å²) in [7, 11) is 0. The number of ether oxygens (including phenoxy) is 2. The molecule has 1 aliphatic heterocycles. The first-order chi connectivity index (χ1) is 12.7. The molecule has 5 nitrogen and oxygen atoms in total. The van der Waals surface area contributed by atoms with Crippen LogP contribution in [-0.4, -0.2) is 30.0 Å². The monoisotopic (exact) mass is 363 g/mol. The Bertz CT molecular complexity index is 698. The average Bonchev–Trinajstić information content (AvgIpc) is 3.02. The van der Waals surface area contributed by atoms with Crippen molar-refractivity contribution in [3.05, 3.63) is 17.9 Å². The van der Waals surface area contributed by atoms with Gasteiger partial charge in [-0.05, 0) is 43.9 Å². The molecule has 1 unspecified atom stereocenters. The van der Waals surface area contributed by atoms with Crippen LogP contribution >= 0.6 is 0 Å². The van der Waals surface area contributed by atoms with Gasteiger partial charge in [-0.1, -0.05) is 19.8 Å². The van der Waals surface area contributed by atoms with Crippen LogP contribution in [0.1, 0.15) is 51.9 Å². The number of fused-ring (bicyclic) bond motifs is 1. The van der Waals surface area contributed by atoms with E-state index in [0.29, 0.717) is 35.1 Å². The number of nitrogen functional groups attached to an aromatic ring is 1. The molecule has 2 atom stereocenters. The molecule has 0 spiro atoms. The van der Waals surface area contributed by atoms with E-state index in [-0.39, 0.29) is 5.82 Å². The zero-order valence-corrected chi connectivity index (χ0v) is 15.6. The molecule has 0 bridgehead atoms. The summed E-state index contributed by atoms with van der Waals surface area (Å²) < 4.78 is 25.7. The Morgan fingerprint density at radius 1 is 1.42 bits per heavy atom. The van der Waals surface area contributed by atoms with Crippen molar-refractivity contribution < 1.29 is 13.9 Å². The second-order valence-corrected chi connectivity index (χ2v) is 7.42. The molecular formula is C20H30FN3O2. The number of hydrogen-bond acceptors (Lipinski definition) is 4. The zero-order valence-electron chi connectivity index (χ0n) is 15.6. The van der Waals surface area contributed by atoms with Crippen molar-refractivity contribution in [1.82, 2.24) is 10.2 Å². The Hall–Kier alpha value is -1.82. The molecule has 6 heteroatoms. The molecule has 2 heterocycles. The van der Waals surface area contributed by atoms with Gasteiger partial charge in [-0.25, -0.2) is 4.39 Å². The van der Waals surface area contributed by atoms with Gasteiger partial charge in [0.2, 0.25) is 0 Å². The lowest BCUT2D eigenvalue weighted by Crippen LogP contribution is -2.18. The normalized spacial score (nSPS) is 18.9. The number of nitrogens with zero attached hydrogens (tertiary/aromatic N) is 1. The van der Waals surface area contributed by atoms with E-state index in [1.807, 2.05) is 0 Å². The van der Waals surface area contributed by atoms with Crippen molar-refractivity contribution in [3.8, 4) is 5.75 Å². The molecule has 144 valence electrons.